The zero-order chi connectivity index (χ0) is 20.1. The third-order valence-electron chi connectivity index (χ3n) is 4.32. The fourth-order valence-electron chi connectivity index (χ4n) is 2.84. The van der Waals surface area contributed by atoms with Crippen molar-refractivity contribution in [3.8, 4) is 17.2 Å². The molecule has 0 fully saturated rings. The lowest BCUT2D eigenvalue weighted by molar-refractivity contribution is -0.118. The Morgan fingerprint density at radius 2 is 1.61 bits per heavy atom. The number of nitrogens with one attached hydrogen (secondary N) is 1. The van der Waals surface area contributed by atoms with Crippen LogP contribution in [0, 0.1) is 6.92 Å². The lowest BCUT2D eigenvalue weighted by atomic mass is 10.3. The summed E-state index contributed by atoms with van der Waals surface area (Å²) in [6, 6.07) is 16.3. The number of benzene rings is 2. The molecule has 0 saturated carbocycles. The minimum absolute atomic E-state index is 0.201. The van der Waals surface area contributed by atoms with E-state index in [1.54, 1.807) is 42.9 Å². The van der Waals surface area contributed by atoms with Gasteiger partial charge in [-0.3, -0.25) is 14.3 Å². The van der Waals surface area contributed by atoms with E-state index in [-0.39, 0.29) is 17.9 Å². The Bertz CT molecular complexity index is 1000. The first-order valence-electron chi connectivity index (χ1n) is 9.00. The highest BCUT2D eigenvalue weighted by Crippen LogP contribution is 2.18. The van der Waals surface area contributed by atoms with Crippen LogP contribution in [-0.2, 0) is 11.8 Å². The zero-order valence-corrected chi connectivity index (χ0v) is 16.1. The van der Waals surface area contributed by atoms with Crippen molar-refractivity contribution in [2.45, 2.75) is 13.8 Å². The first kappa shape index (κ1) is 19.3. The predicted molar refractivity (Wildman–Crippen MR) is 107 cm³/mol. The van der Waals surface area contributed by atoms with Crippen LogP contribution in [0.15, 0.2) is 59.4 Å². The third-order valence-corrected chi connectivity index (χ3v) is 4.32. The standard InChI is InChI=1S/C21H23N3O4/c1-4-27-17-10-12-18(13-11-17)28-14-19(25)22-20-15(2)23(3)24(21(20)26)16-8-6-5-7-9-16/h5-13H,4,14H2,1-3H3,(H,22,25). The fourth-order valence-corrected chi connectivity index (χ4v) is 2.84. The lowest BCUT2D eigenvalue weighted by Gasteiger charge is -2.08. The zero-order valence-electron chi connectivity index (χ0n) is 16.1. The van der Waals surface area contributed by atoms with Gasteiger partial charge in [0.05, 0.1) is 18.0 Å². The van der Waals surface area contributed by atoms with E-state index >= 15 is 0 Å². The average Bonchev–Trinajstić information content (AvgIpc) is 2.91. The number of amides is 1. The van der Waals surface area contributed by atoms with Gasteiger partial charge < -0.3 is 14.8 Å². The molecular weight excluding hydrogens is 358 g/mol. The maximum Gasteiger partial charge on any atom is 0.295 e. The van der Waals surface area contributed by atoms with Gasteiger partial charge in [0.15, 0.2) is 6.61 Å². The summed E-state index contributed by atoms with van der Waals surface area (Å²) in [5.74, 6) is 0.880. The Kier molecular flexibility index (Phi) is 5.84. The summed E-state index contributed by atoms with van der Waals surface area (Å²) in [6.45, 7) is 4.07. The van der Waals surface area contributed by atoms with Gasteiger partial charge in [-0.05, 0) is 50.2 Å². The van der Waals surface area contributed by atoms with Gasteiger partial charge in [0.25, 0.3) is 11.5 Å². The van der Waals surface area contributed by atoms with E-state index in [4.69, 9.17) is 9.47 Å². The summed E-state index contributed by atoms with van der Waals surface area (Å²) in [6.07, 6.45) is 0. The van der Waals surface area contributed by atoms with Gasteiger partial charge >= 0.3 is 0 Å². The summed E-state index contributed by atoms with van der Waals surface area (Å²) in [5.41, 5.74) is 1.33. The van der Waals surface area contributed by atoms with Crippen LogP contribution in [0.5, 0.6) is 11.5 Å². The second kappa shape index (κ2) is 8.47. The molecule has 0 unspecified atom stereocenters. The van der Waals surface area contributed by atoms with Crippen LogP contribution in [0.1, 0.15) is 12.6 Å². The molecule has 1 aromatic heterocycles. The van der Waals surface area contributed by atoms with Crippen molar-refractivity contribution in [3.05, 3.63) is 70.6 Å². The van der Waals surface area contributed by atoms with E-state index < -0.39 is 5.91 Å². The van der Waals surface area contributed by atoms with Gasteiger partial charge in [0, 0.05) is 7.05 Å². The number of para-hydroxylation sites is 1. The first-order chi connectivity index (χ1) is 13.5. The van der Waals surface area contributed by atoms with E-state index in [0.717, 1.165) is 11.4 Å². The molecule has 146 valence electrons. The normalized spacial score (nSPS) is 10.5. The number of carbonyl (C=O) groups is 1. The topological polar surface area (TPSA) is 74.5 Å². The summed E-state index contributed by atoms with van der Waals surface area (Å²) in [7, 11) is 1.77. The van der Waals surface area contributed by atoms with Crippen molar-refractivity contribution in [2.75, 3.05) is 18.5 Å². The van der Waals surface area contributed by atoms with Crippen LogP contribution >= 0.6 is 0 Å². The molecule has 1 amide bonds. The molecule has 1 N–H and O–H groups in total. The Balaban J connectivity index is 1.70. The molecule has 28 heavy (non-hydrogen) atoms. The molecule has 0 spiro atoms. The minimum atomic E-state index is -0.403. The molecule has 0 atom stereocenters. The molecule has 3 aromatic rings. The van der Waals surface area contributed by atoms with Crippen LogP contribution in [0.4, 0.5) is 5.69 Å². The SMILES string of the molecule is CCOc1ccc(OCC(=O)Nc2c(C)n(C)n(-c3ccccc3)c2=O)cc1. The molecule has 0 bridgehead atoms. The first-order valence-corrected chi connectivity index (χ1v) is 9.00. The van der Waals surface area contributed by atoms with Gasteiger partial charge in [-0.1, -0.05) is 18.2 Å². The molecule has 0 aliphatic heterocycles. The summed E-state index contributed by atoms with van der Waals surface area (Å²) in [5, 5.41) is 2.67. The molecule has 1 heterocycles. The number of carbonyl (C=O) groups excluding carboxylic acids is 1. The Morgan fingerprint density at radius 3 is 2.21 bits per heavy atom. The molecule has 0 aliphatic rings. The van der Waals surface area contributed by atoms with Gasteiger partial charge in [-0.2, -0.15) is 0 Å². The van der Waals surface area contributed by atoms with Crippen molar-refractivity contribution < 1.29 is 14.3 Å². The molecule has 7 heteroatoms. The number of rotatable bonds is 7. The number of nitrogens with zero attached hydrogens (tertiary/aromatic N) is 2. The number of hydrogen-bond donors (Lipinski definition) is 1. The van der Waals surface area contributed by atoms with Gasteiger partial charge in [0.1, 0.15) is 17.2 Å². The summed E-state index contributed by atoms with van der Waals surface area (Å²) >= 11 is 0. The van der Waals surface area contributed by atoms with E-state index in [9.17, 15) is 9.59 Å². The minimum Gasteiger partial charge on any atom is -0.494 e. The Hall–Kier alpha value is -3.48. The molecule has 3 rings (SSSR count). The Labute approximate surface area is 163 Å². The van der Waals surface area contributed by atoms with Gasteiger partial charge in [-0.15, -0.1) is 0 Å². The van der Waals surface area contributed by atoms with Crippen molar-refractivity contribution in [1.29, 1.82) is 0 Å². The van der Waals surface area contributed by atoms with Crippen LogP contribution < -0.4 is 20.3 Å². The van der Waals surface area contributed by atoms with Crippen LogP contribution in [0.3, 0.4) is 0 Å². The largest absolute Gasteiger partial charge is 0.494 e. The second-order valence-electron chi connectivity index (χ2n) is 6.18. The molecule has 2 aromatic carbocycles. The van der Waals surface area contributed by atoms with Crippen molar-refractivity contribution in [3.63, 3.8) is 0 Å². The quantitative estimate of drug-likeness (QED) is 0.683. The molecule has 0 radical (unpaired) electrons. The number of aromatic nitrogens is 2. The molecule has 0 aliphatic carbocycles. The van der Waals surface area contributed by atoms with Crippen molar-refractivity contribution in [2.24, 2.45) is 7.05 Å². The maximum atomic E-state index is 12.8. The monoisotopic (exact) mass is 381 g/mol. The highest BCUT2D eigenvalue weighted by atomic mass is 16.5. The molecule has 0 saturated heterocycles. The van der Waals surface area contributed by atoms with E-state index in [0.29, 0.717) is 18.1 Å². The third kappa shape index (κ3) is 4.09. The maximum absolute atomic E-state index is 12.8. The number of anilines is 1. The smallest absolute Gasteiger partial charge is 0.295 e. The second-order valence-corrected chi connectivity index (χ2v) is 6.18. The van der Waals surface area contributed by atoms with Crippen LogP contribution in [0.2, 0.25) is 0 Å². The van der Waals surface area contributed by atoms with E-state index in [1.165, 1.54) is 4.68 Å². The summed E-state index contributed by atoms with van der Waals surface area (Å²) < 4.78 is 14.1. The highest BCUT2D eigenvalue weighted by molar-refractivity contribution is 5.92. The predicted octanol–water partition coefficient (Wildman–Crippen LogP) is 2.90. The van der Waals surface area contributed by atoms with Gasteiger partial charge in [-0.25, -0.2) is 4.68 Å². The van der Waals surface area contributed by atoms with Gasteiger partial charge in [0.2, 0.25) is 0 Å². The van der Waals surface area contributed by atoms with Crippen LogP contribution in [0.25, 0.3) is 5.69 Å². The fraction of sp³-hybridized carbons (Fsp3) is 0.238. The van der Waals surface area contributed by atoms with Crippen molar-refractivity contribution >= 4 is 11.6 Å². The van der Waals surface area contributed by atoms with E-state index in [1.807, 2.05) is 37.3 Å². The Morgan fingerprint density at radius 1 is 1.00 bits per heavy atom. The number of ether oxygens (including phenoxy) is 2. The lowest BCUT2D eigenvalue weighted by Crippen LogP contribution is -2.25. The number of hydrogen-bond acceptors (Lipinski definition) is 4. The van der Waals surface area contributed by atoms with Crippen molar-refractivity contribution in [1.82, 2.24) is 9.36 Å². The molecular formula is C21H23N3O4. The summed E-state index contributed by atoms with van der Waals surface area (Å²) in [4.78, 5) is 25.1. The average molecular weight is 381 g/mol. The molecule has 7 nitrogen and oxygen atoms in total. The van der Waals surface area contributed by atoms with E-state index in [2.05, 4.69) is 5.32 Å². The van der Waals surface area contributed by atoms with Crippen LogP contribution in [-0.4, -0.2) is 28.5 Å². The highest BCUT2D eigenvalue weighted by Gasteiger charge is 2.18.